The molecule has 13 heteroatoms. The van der Waals surface area contributed by atoms with Crippen molar-refractivity contribution in [2.45, 2.75) is 51.7 Å². The van der Waals surface area contributed by atoms with Crippen LogP contribution < -0.4 is 5.56 Å². The molecule has 1 fully saturated rings. The molecule has 9 nitrogen and oxygen atoms in total. The average Bonchev–Trinajstić information content (AvgIpc) is 2.97. The van der Waals surface area contributed by atoms with Crippen LogP contribution in [-0.2, 0) is 22.4 Å². The van der Waals surface area contributed by atoms with Gasteiger partial charge in [-0.15, -0.1) is 0 Å². The fraction of sp³-hybridized carbons (Fsp3) is 0.367. The maximum atomic E-state index is 14.7. The number of carbonyl (C=O) groups is 3. The van der Waals surface area contributed by atoms with E-state index in [9.17, 15) is 31.9 Å². The SMILES string of the molecule is Cc1c(Cc2ccc(F)c(C(=O)N3CCN(C4CCCc5ccccc54)C(=O)C3)c2)n[nH]c(=O)c1C.O=C(O)C(F)(F)F. The summed E-state index contributed by atoms with van der Waals surface area (Å²) in [6, 6.07) is 12.7. The standard InChI is InChI=1S/C28H29FN4O3.C2HF3O2/c1-17-18(2)27(35)31-30-24(17)15-19-10-11-23(29)22(14-19)28(36)32-12-13-33(26(34)16-32)25-9-5-7-20-6-3-4-8-21(20)25;3-2(4,5)1(6)7/h3-4,6,8,10-11,14,25H,5,7,9,12-13,15-16H2,1-2H3,(H,31,35);(H,6,7). The molecule has 1 aliphatic carbocycles. The smallest absolute Gasteiger partial charge is 0.475 e. The van der Waals surface area contributed by atoms with Crippen molar-refractivity contribution >= 4 is 17.8 Å². The molecule has 1 atom stereocenters. The Morgan fingerprint density at radius 1 is 1.07 bits per heavy atom. The number of carboxylic acid groups (broad SMARTS) is 1. The highest BCUT2D eigenvalue weighted by atomic mass is 19.4. The molecule has 1 saturated heterocycles. The number of hydrogen-bond donors (Lipinski definition) is 2. The van der Waals surface area contributed by atoms with Crippen molar-refractivity contribution < 1.29 is 37.1 Å². The van der Waals surface area contributed by atoms with Crippen LogP contribution in [0.3, 0.4) is 0 Å². The first-order valence-electron chi connectivity index (χ1n) is 13.6. The molecule has 1 aromatic heterocycles. The Labute approximate surface area is 244 Å². The number of aromatic nitrogens is 2. The number of carboxylic acids is 1. The number of piperazine rings is 1. The van der Waals surface area contributed by atoms with Crippen LogP contribution in [0.15, 0.2) is 47.3 Å². The van der Waals surface area contributed by atoms with Gasteiger partial charge in [-0.3, -0.25) is 14.4 Å². The van der Waals surface area contributed by atoms with Gasteiger partial charge in [0.2, 0.25) is 5.91 Å². The van der Waals surface area contributed by atoms with Crippen LogP contribution in [0.2, 0.25) is 0 Å². The lowest BCUT2D eigenvalue weighted by Gasteiger charge is -2.41. The van der Waals surface area contributed by atoms with Crippen LogP contribution in [0.5, 0.6) is 0 Å². The molecule has 2 amide bonds. The van der Waals surface area contributed by atoms with E-state index in [1.807, 2.05) is 24.0 Å². The highest BCUT2D eigenvalue weighted by Crippen LogP contribution is 2.35. The Morgan fingerprint density at radius 3 is 2.44 bits per heavy atom. The minimum absolute atomic E-state index is 0.0243. The number of benzene rings is 2. The summed E-state index contributed by atoms with van der Waals surface area (Å²) in [5.74, 6) is -3.99. The monoisotopic (exact) mass is 602 g/mol. The lowest BCUT2D eigenvalue weighted by atomic mass is 9.86. The molecule has 2 aromatic carbocycles. The summed E-state index contributed by atoms with van der Waals surface area (Å²) in [5.41, 5.74) is 4.87. The van der Waals surface area contributed by atoms with Gasteiger partial charge in [0, 0.05) is 25.1 Å². The van der Waals surface area contributed by atoms with Crippen molar-refractivity contribution in [1.82, 2.24) is 20.0 Å². The van der Waals surface area contributed by atoms with Crippen LogP contribution in [-0.4, -0.2) is 68.7 Å². The number of rotatable bonds is 4. The molecule has 1 unspecified atom stereocenters. The third kappa shape index (κ3) is 7.09. The van der Waals surface area contributed by atoms with E-state index in [1.54, 1.807) is 13.0 Å². The Balaban J connectivity index is 0.000000541. The van der Waals surface area contributed by atoms with Gasteiger partial charge in [-0.25, -0.2) is 14.3 Å². The molecule has 0 bridgehead atoms. The summed E-state index contributed by atoms with van der Waals surface area (Å²) in [7, 11) is 0. The van der Waals surface area contributed by atoms with E-state index in [1.165, 1.54) is 28.2 Å². The molecule has 2 N–H and O–H groups in total. The maximum absolute atomic E-state index is 14.7. The van der Waals surface area contributed by atoms with E-state index in [0.29, 0.717) is 36.3 Å². The molecule has 5 rings (SSSR count). The number of nitrogens with one attached hydrogen (secondary N) is 1. The normalized spacial score (nSPS) is 16.7. The molecule has 228 valence electrons. The fourth-order valence-electron chi connectivity index (χ4n) is 5.30. The quantitative estimate of drug-likeness (QED) is 0.434. The van der Waals surface area contributed by atoms with Crippen molar-refractivity contribution in [3.8, 4) is 0 Å². The van der Waals surface area contributed by atoms with Gasteiger partial charge in [-0.05, 0) is 67.5 Å². The molecule has 2 aliphatic rings. The van der Waals surface area contributed by atoms with E-state index in [2.05, 4.69) is 22.3 Å². The number of amides is 2. The topological polar surface area (TPSA) is 124 Å². The van der Waals surface area contributed by atoms with Gasteiger partial charge < -0.3 is 14.9 Å². The van der Waals surface area contributed by atoms with Crippen molar-refractivity contribution in [3.05, 3.63) is 97.7 Å². The molecule has 3 aromatic rings. The zero-order valence-electron chi connectivity index (χ0n) is 23.5. The van der Waals surface area contributed by atoms with Crippen molar-refractivity contribution in [3.63, 3.8) is 0 Å². The highest BCUT2D eigenvalue weighted by molar-refractivity contribution is 5.97. The number of hydrogen-bond acceptors (Lipinski definition) is 5. The predicted octanol–water partition coefficient (Wildman–Crippen LogP) is 4.11. The van der Waals surface area contributed by atoms with E-state index in [0.717, 1.165) is 24.8 Å². The first-order chi connectivity index (χ1) is 20.3. The van der Waals surface area contributed by atoms with Gasteiger partial charge in [-0.2, -0.15) is 18.3 Å². The Morgan fingerprint density at radius 2 is 1.77 bits per heavy atom. The number of carbonyl (C=O) groups excluding carboxylic acids is 2. The summed E-state index contributed by atoms with van der Waals surface area (Å²) in [6.45, 7) is 4.25. The number of fused-ring (bicyclic) bond motifs is 1. The average molecular weight is 603 g/mol. The van der Waals surface area contributed by atoms with Gasteiger partial charge in [-0.1, -0.05) is 30.3 Å². The number of aliphatic carboxylic acids is 1. The largest absolute Gasteiger partial charge is 0.490 e. The molecule has 1 aliphatic heterocycles. The number of aryl methyl sites for hydroxylation is 1. The van der Waals surface area contributed by atoms with Crippen LogP contribution in [0.4, 0.5) is 17.6 Å². The molecule has 43 heavy (non-hydrogen) atoms. The Hall–Kier alpha value is -4.55. The summed E-state index contributed by atoms with van der Waals surface area (Å²) >= 11 is 0. The van der Waals surface area contributed by atoms with Crippen LogP contribution >= 0.6 is 0 Å². The zero-order valence-corrected chi connectivity index (χ0v) is 23.5. The van der Waals surface area contributed by atoms with Crippen molar-refractivity contribution in [1.29, 1.82) is 0 Å². The number of H-pyrrole nitrogens is 1. The Bertz CT molecular complexity index is 1600. The molecule has 0 radical (unpaired) electrons. The van der Waals surface area contributed by atoms with Crippen molar-refractivity contribution in [2.75, 3.05) is 19.6 Å². The first kappa shape index (κ1) is 31.4. The van der Waals surface area contributed by atoms with Crippen molar-refractivity contribution in [2.24, 2.45) is 0 Å². The summed E-state index contributed by atoms with van der Waals surface area (Å²) in [4.78, 5) is 50.4. The van der Waals surface area contributed by atoms with Gasteiger partial charge >= 0.3 is 12.1 Å². The highest BCUT2D eigenvalue weighted by Gasteiger charge is 2.38. The fourth-order valence-corrected chi connectivity index (χ4v) is 5.30. The van der Waals surface area contributed by atoms with Gasteiger partial charge in [0.15, 0.2) is 0 Å². The maximum Gasteiger partial charge on any atom is 0.490 e. The van der Waals surface area contributed by atoms with Crippen LogP contribution in [0.1, 0.15) is 62.8 Å². The van der Waals surface area contributed by atoms with E-state index >= 15 is 0 Å². The third-order valence-corrected chi connectivity index (χ3v) is 7.76. The van der Waals surface area contributed by atoms with E-state index in [4.69, 9.17) is 9.90 Å². The van der Waals surface area contributed by atoms with Crippen LogP contribution in [0, 0.1) is 19.7 Å². The van der Waals surface area contributed by atoms with Crippen LogP contribution in [0.25, 0.3) is 0 Å². The number of aromatic amines is 1. The number of nitrogens with zero attached hydrogens (tertiary/aromatic N) is 3. The molecule has 0 saturated carbocycles. The second kappa shape index (κ2) is 12.8. The second-order valence-electron chi connectivity index (χ2n) is 10.5. The Kier molecular flexibility index (Phi) is 9.31. The number of halogens is 4. The lowest BCUT2D eigenvalue weighted by Crippen LogP contribution is -2.53. The second-order valence-corrected chi connectivity index (χ2v) is 10.5. The van der Waals surface area contributed by atoms with Gasteiger partial charge in [0.05, 0.1) is 17.3 Å². The molecular weight excluding hydrogens is 572 g/mol. The van der Waals surface area contributed by atoms with Gasteiger partial charge in [0.1, 0.15) is 12.4 Å². The number of alkyl halides is 3. The molecule has 2 heterocycles. The summed E-state index contributed by atoms with van der Waals surface area (Å²) < 4.78 is 46.5. The van der Waals surface area contributed by atoms with Gasteiger partial charge in [0.25, 0.3) is 11.5 Å². The van der Waals surface area contributed by atoms with E-state index in [-0.39, 0.29) is 29.6 Å². The summed E-state index contributed by atoms with van der Waals surface area (Å²) in [6.07, 6.45) is -1.79. The third-order valence-electron chi connectivity index (χ3n) is 7.76. The molecular formula is C30H30F4N4O5. The predicted molar refractivity (Wildman–Crippen MR) is 147 cm³/mol. The lowest BCUT2D eigenvalue weighted by molar-refractivity contribution is -0.192. The minimum atomic E-state index is -5.08. The first-order valence-corrected chi connectivity index (χ1v) is 13.6. The minimum Gasteiger partial charge on any atom is -0.475 e. The van der Waals surface area contributed by atoms with E-state index < -0.39 is 23.9 Å². The molecule has 0 spiro atoms. The summed E-state index contributed by atoms with van der Waals surface area (Å²) in [5, 5.41) is 13.7. The zero-order chi connectivity index (χ0) is 31.5.